The first-order valence-corrected chi connectivity index (χ1v) is 10.1. The fraction of sp³-hybridized carbons (Fsp3) is 0.333. The van der Waals surface area contributed by atoms with Crippen LogP contribution in [0.15, 0.2) is 54.7 Å². The Balaban J connectivity index is 1.48. The van der Waals surface area contributed by atoms with Gasteiger partial charge in [0.1, 0.15) is 0 Å². The molecule has 5 nitrogen and oxygen atoms in total. The largest absolute Gasteiger partial charge is 0.364 e. The van der Waals surface area contributed by atoms with E-state index in [1.165, 1.54) is 5.56 Å². The lowest BCUT2D eigenvalue weighted by molar-refractivity contribution is -0.0414. The number of carbonyl (C=O) groups is 1. The van der Waals surface area contributed by atoms with Gasteiger partial charge in [-0.25, -0.2) is 0 Å². The van der Waals surface area contributed by atoms with Gasteiger partial charge in [-0.05, 0) is 48.8 Å². The Kier molecular flexibility index (Phi) is 5.72. The second kappa shape index (κ2) is 8.41. The predicted molar refractivity (Wildman–Crippen MR) is 112 cm³/mol. The van der Waals surface area contributed by atoms with E-state index in [0.29, 0.717) is 29.1 Å². The lowest BCUT2D eigenvalue weighted by atomic mass is 9.76. The predicted octanol–water partition coefficient (Wildman–Crippen LogP) is 3.83. The summed E-state index contributed by atoms with van der Waals surface area (Å²) in [6, 6.07) is 15.5. The second-order valence-corrected chi connectivity index (χ2v) is 7.88. The van der Waals surface area contributed by atoms with Gasteiger partial charge < -0.3 is 15.9 Å². The minimum Gasteiger partial charge on any atom is -0.364 e. The molecule has 0 amide bonds. The Morgan fingerprint density at radius 2 is 1.83 bits per heavy atom. The molecule has 1 aliphatic rings. The van der Waals surface area contributed by atoms with E-state index in [0.717, 1.165) is 36.6 Å². The van der Waals surface area contributed by atoms with Crippen LogP contribution < -0.4 is 5.73 Å². The molecule has 0 spiro atoms. The maximum absolute atomic E-state index is 13.1. The molecule has 0 unspecified atom stereocenters. The third-order valence-corrected chi connectivity index (χ3v) is 6.06. The molecule has 3 aromatic rings. The molecule has 2 aromatic carbocycles. The summed E-state index contributed by atoms with van der Waals surface area (Å²) in [6.07, 6.45) is 3.69. The van der Waals surface area contributed by atoms with Crippen molar-refractivity contribution < 1.29 is 15.0 Å². The van der Waals surface area contributed by atoms with E-state index in [4.69, 9.17) is 5.73 Å². The summed E-state index contributed by atoms with van der Waals surface area (Å²) in [5, 5.41) is 19.7. The Labute approximate surface area is 170 Å². The highest BCUT2D eigenvalue weighted by atomic mass is 16.5. The number of para-hydroxylation sites is 1. The topological polar surface area (TPSA) is 96.4 Å². The van der Waals surface area contributed by atoms with Crippen molar-refractivity contribution in [2.24, 2.45) is 11.7 Å². The molecule has 0 atom stereocenters. The van der Waals surface area contributed by atoms with Crippen LogP contribution in [-0.4, -0.2) is 21.0 Å². The summed E-state index contributed by atoms with van der Waals surface area (Å²) >= 11 is 0. The number of aliphatic hydroxyl groups is 2. The van der Waals surface area contributed by atoms with Gasteiger partial charge in [-0.2, -0.15) is 0 Å². The maximum atomic E-state index is 13.1. The molecule has 1 heterocycles. The van der Waals surface area contributed by atoms with Gasteiger partial charge in [-0.15, -0.1) is 0 Å². The van der Waals surface area contributed by atoms with Crippen molar-refractivity contribution in [3.63, 3.8) is 0 Å². The highest BCUT2D eigenvalue weighted by Gasteiger charge is 2.28. The number of carbonyl (C=O) groups excluding carboxylic acids is 1. The third kappa shape index (κ3) is 4.08. The van der Waals surface area contributed by atoms with E-state index in [-0.39, 0.29) is 11.7 Å². The number of hydrogen-bond acceptors (Lipinski definition) is 5. The molecule has 1 aromatic heterocycles. The van der Waals surface area contributed by atoms with Gasteiger partial charge >= 0.3 is 0 Å². The summed E-state index contributed by atoms with van der Waals surface area (Å²) in [7, 11) is 0. The first-order chi connectivity index (χ1) is 14.1. The van der Waals surface area contributed by atoms with Crippen molar-refractivity contribution in [3.8, 4) is 0 Å². The van der Waals surface area contributed by atoms with Gasteiger partial charge in [-0.3, -0.25) is 9.78 Å². The molecule has 1 saturated carbocycles. The van der Waals surface area contributed by atoms with Crippen molar-refractivity contribution in [2.75, 3.05) is 0 Å². The molecule has 29 heavy (non-hydrogen) atoms. The van der Waals surface area contributed by atoms with Crippen molar-refractivity contribution in [1.82, 2.24) is 4.98 Å². The number of aromatic nitrogens is 1. The van der Waals surface area contributed by atoms with Crippen LogP contribution in [0.2, 0.25) is 0 Å². The number of fused-ring (bicyclic) bond motifs is 1. The highest BCUT2D eigenvalue weighted by Crippen LogP contribution is 2.37. The summed E-state index contributed by atoms with van der Waals surface area (Å²) in [6.45, 7) is 0.547. The van der Waals surface area contributed by atoms with Crippen LogP contribution in [0, 0.1) is 5.92 Å². The van der Waals surface area contributed by atoms with Gasteiger partial charge in [0.05, 0.1) is 5.52 Å². The Morgan fingerprint density at radius 1 is 1.07 bits per heavy atom. The molecule has 5 heteroatoms. The van der Waals surface area contributed by atoms with Crippen LogP contribution in [0.5, 0.6) is 0 Å². The van der Waals surface area contributed by atoms with Crippen molar-refractivity contribution >= 4 is 16.7 Å². The fourth-order valence-electron chi connectivity index (χ4n) is 4.43. The molecular weight excluding hydrogens is 364 g/mol. The van der Waals surface area contributed by atoms with Crippen molar-refractivity contribution in [2.45, 2.75) is 44.4 Å². The number of nitrogens with two attached hydrogens (primary N) is 1. The highest BCUT2D eigenvalue weighted by molar-refractivity contribution is 6.00. The number of ketones is 1. The van der Waals surface area contributed by atoms with E-state index >= 15 is 0 Å². The van der Waals surface area contributed by atoms with E-state index in [1.54, 1.807) is 18.3 Å². The summed E-state index contributed by atoms with van der Waals surface area (Å²) in [5.41, 5.74) is 9.69. The molecule has 0 aliphatic heterocycles. The molecule has 0 saturated heterocycles. The number of pyridine rings is 1. The number of hydrogen-bond donors (Lipinski definition) is 3. The smallest absolute Gasteiger partial charge is 0.180 e. The number of aliphatic hydroxyl groups excluding tert-OH is 1. The monoisotopic (exact) mass is 390 g/mol. The molecule has 4 N–H and O–H groups in total. The first kappa shape index (κ1) is 19.7. The van der Waals surface area contributed by atoms with Gasteiger partial charge in [0, 0.05) is 35.2 Å². The summed E-state index contributed by atoms with van der Waals surface area (Å²) < 4.78 is 0. The molecule has 150 valence electrons. The Morgan fingerprint density at radius 3 is 2.55 bits per heavy atom. The van der Waals surface area contributed by atoms with Gasteiger partial charge in [0.2, 0.25) is 0 Å². The molecule has 1 aliphatic carbocycles. The third-order valence-electron chi connectivity index (χ3n) is 6.06. The number of rotatable bonds is 5. The molecule has 0 radical (unpaired) electrons. The van der Waals surface area contributed by atoms with E-state index in [1.807, 2.05) is 18.2 Å². The van der Waals surface area contributed by atoms with Gasteiger partial charge in [-0.1, -0.05) is 42.5 Å². The van der Waals surface area contributed by atoms with Crippen LogP contribution in [0.1, 0.15) is 64.9 Å². The Hall–Kier alpha value is -2.60. The van der Waals surface area contributed by atoms with Crippen LogP contribution in [0.4, 0.5) is 0 Å². The average Bonchev–Trinajstić information content (AvgIpc) is 2.77. The number of nitrogens with zero attached hydrogens (tertiary/aromatic N) is 1. The minimum atomic E-state index is -1.58. The van der Waals surface area contributed by atoms with Gasteiger partial charge in [0.25, 0.3) is 0 Å². The van der Waals surface area contributed by atoms with Gasteiger partial charge in [0.15, 0.2) is 12.1 Å². The molecular formula is C24H26N2O3. The molecule has 1 fully saturated rings. The summed E-state index contributed by atoms with van der Waals surface area (Å²) in [5.74, 6) is 0.618. The number of benzene rings is 2. The van der Waals surface area contributed by atoms with E-state index < -0.39 is 6.29 Å². The average molecular weight is 390 g/mol. The lowest BCUT2D eigenvalue weighted by Crippen LogP contribution is -2.21. The standard InChI is InChI=1S/C24H26N2O3/c25-13-15-3-1-4-18(11-15)16-7-9-17(10-8-16)23(27)20-12-19-5-2-6-21(24(28)29)22(19)26-14-20/h1-6,11-12,14,16-17,24,28-29H,7-10,13,25H2. The van der Waals surface area contributed by atoms with E-state index in [2.05, 4.69) is 23.2 Å². The summed E-state index contributed by atoms with van der Waals surface area (Å²) in [4.78, 5) is 17.4. The second-order valence-electron chi connectivity index (χ2n) is 7.88. The fourth-order valence-corrected chi connectivity index (χ4v) is 4.43. The quantitative estimate of drug-likeness (QED) is 0.454. The minimum absolute atomic E-state index is 0.00908. The zero-order valence-corrected chi connectivity index (χ0v) is 16.3. The number of Topliss-reactive ketones (excluding diaryl/α,β-unsaturated/α-hetero) is 1. The Bertz CT molecular complexity index is 1020. The lowest BCUT2D eigenvalue weighted by Gasteiger charge is -2.28. The van der Waals surface area contributed by atoms with E-state index in [9.17, 15) is 15.0 Å². The SMILES string of the molecule is NCc1cccc(C2CCC(C(=O)c3cnc4c(C(O)O)cccc4c3)CC2)c1. The van der Waals surface area contributed by atoms with Crippen molar-refractivity contribution in [3.05, 3.63) is 77.0 Å². The van der Waals surface area contributed by atoms with Crippen LogP contribution in [-0.2, 0) is 6.54 Å². The molecule has 0 bridgehead atoms. The molecule has 4 rings (SSSR count). The van der Waals surface area contributed by atoms with Crippen molar-refractivity contribution in [1.29, 1.82) is 0 Å². The van der Waals surface area contributed by atoms with Crippen LogP contribution in [0.3, 0.4) is 0 Å². The normalized spacial score (nSPS) is 19.6. The maximum Gasteiger partial charge on any atom is 0.180 e. The zero-order chi connectivity index (χ0) is 20.4. The van der Waals surface area contributed by atoms with Crippen LogP contribution >= 0.6 is 0 Å². The van der Waals surface area contributed by atoms with Crippen LogP contribution in [0.25, 0.3) is 10.9 Å². The zero-order valence-electron chi connectivity index (χ0n) is 16.3. The first-order valence-electron chi connectivity index (χ1n) is 10.1.